The molecule has 0 radical (unpaired) electrons. The summed E-state index contributed by atoms with van der Waals surface area (Å²) in [5.41, 5.74) is -0.268. The van der Waals surface area contributed by atoms with Gasteiger partial charge >= 0.3 is 5.97 Å². The number of hydrogen-bond donors (Lipinski definition) is 2. The Balaban J connectivity index is 1.96. The smallest absolute Gasteiger partial charge is 0.336 e. The normalized spacial score (nSPS) is 25.2. The second kappa shape index (κ2) is 7.05. The zero-order chi connectivity index (χ0) is 15.3. The molecule has 2 rings (SSSR count). The Labute approximate surface area is 125 Å². The predicted octanol–water partition coefficient (Wildman–Crippen LogP) is 2.64. The summed E-state index contributed by atoms with van der Waals surface area (Å²) in [7, 11) is 0. The van der Waals surface area contributed by atoms with Crippen LogP contribution in [-0.4, -0.2) is 34.5 Å². The highest BCUT2D eigenvalue weighted by Crippen LogP contribution is 2.27. The summed E-state index contributed by atoms with van der Waals surface area (Å²) in [4.78, 5) is 11.6. The quantitative estimate of drug-likeness (QED) is 0.846. The Morgan fingerprint density at radius 2 is 2.05 bits per heavy atom. The monoisotopic (exact) mass is 292 g/mol. The molecule has 116 valence electrons. The number of aliphatic hydroxyl groups is 1. The molecule has 1 aliphatic carbocycles. The highest BCUT2D eigenvalue weighted by atomic mass is 16.5. The lowest BCUT2D eigenvalue weighted by Gasteiger charge is -2.31. The first-order valence-electron chi connectivity index (χ1n) is 7.59. The van der Waals surface area contributed by atoms with Crippen LogP contribution in [0.25, 0.3) is 0 Å². The molecule has 21 heavy (non-hydrogen) atoms. The van der Waals surface area contributed by atoms with E-state index < -0.39 is 11.6 Å². The number of aliphatic carboxylic acids is 1. The van der Waals surface area contributed by atoms with Gasteiger partial charge in [0.25, 0.3) is 0 Å². The SMILES string of the molecule is CC(Cc1ccccc1)(OC[C@@H]1CCC[C@H](O)C1)C(=O)O. The minimum Gasteiger partial charge on any atom is -0.479 e. The van der Waals surface area contributed by atoms with E-state index in [0.29, 0.717) is 19.4 Å². The molecule has 1 aromatic rings. The van der Waals surface area contributed by atoms with E-state index in [1.165, 1.54) is 0 Å². The number of ether oxygens (including phenoxy) is 1. The van der Waals surface area contributed by atoms with Crippen molar-refractivity contribution in [3.8, 4) is 0 Å². The second-order valence-corrected chi connectivity index (χ2v) is 6.20. The molecule has 0 amide bonds. The molecule has 4 heteroatoms. The van der Waals surface area contributed by atoms with Gasteiger partial charge in [-0.1, -0.05) is 36.8 Å². The summed E-state index contributed by atoms with van der Waals surface area (Å²) < 4.78 is 5.77. The van der Waals surface area contributed by atoms with Gasteiger partial charge in [-0.15, -0.1) is 0 Å². The molecule has 0 heterocycles. The van der Waals surface area contributed by atoms with Crippen molar-refractivity contribution in [2.24, 2.45) is 5.92 Å². The fraction of sp³-hybridized carbons (Fsp3) is 0.588. The average molecular weight is 292 g/mol. The van der Waals surface area contributed by atoms with Gasteiger partial charge in [0.1, 0.15) is 0 Å². The molecule has 1 fully saturated rings. The van der Waals surface area contributed by atoms with Crippen molar-refractivity contribution in [2.75, 3.05) is 6.61 Å². The van der Waals surface area contributed by atoms with Gasteiger partial charge in [0.15, 0.2) is 5.60 Å². The summed E-state index contributed by atoms with van der Waals surface area (Å²) in [5.74, 6) is -0.689. The molecule has 0 bridgehead atoms. The van der Waals surface area contributed by atoms with Crippen LogP contribution in [-0.2, 0) is 16.0 Å². The van der Waals surface area contributed by atoms with Crippen molar-refractivity contribution < 1.29 is 19.7 Å². The topological polar surface area (TPSA) is 66.8 Å². The van der Waals surface area contributed by atoms with Gasteiger partial charge in [-0.3, -0.25) is 0 Å². The third kappa shape index (κ3) is 4.55. The first-order chi connectivity index (χ1) is 9.99. The van der Waals surface area contributed by atoms with Crippen molar-refractivity contribution >= 4 is 5.97 Å². The van der Waals surface area contributed by atoms with Crippen LogP contribution in [0.3, 0.4) is 0 Å². The van der Waals surface area contributed by atoms with E-state index in [2.05, 4.69) is 0 Å². The van der Waals surface area contributed by atoms with Gasteiger partial charge < -0.3 is 14.9 Å². The van der Waals surface area contributed by atoms with Crippen LogP contribution in [0.5, 0.6) is 0 Å². The van der Waals surface area contributed by atoms with Crippen LogP contribution >= 0.6 is 0 Å². The Morgan fingerprint density at radius 3 is 2.67 bits per heavy atom. The molecule has 1 unspecified atom stereocenters. The Bertz CT molecular complexity index is 459. The van der Waals surface area contributed by atoms with Crippen LogP contribution in [0.4, 0.5) is 0 Å². The van der Waals surface area contributed by atoms with E-state index in [0.717, 1.165) is 24.8 Å². The Morgan fingerprint density at radius 1 is 1.33 bits per heavy atom. The lowest BCUT2D eigenvalue weighted by molar-refractivity contribution is -0.166. The van der Waals surface area contributed by atoms with E-state index in [-0.39, 0.29) is 12.0 Å². The molecule has 1 aromatic carbocycles. The van der Waals surface area contributed by atoms with Gasteiger partial charge in [-0.25, -0.2) is 4.79 Å². The van der Waals surface area contributed by atoms with E-state index >= 15 is 0 Å². The fourth-order valence-corrected chi connectivity index (χ4v) is 2.89. The Kier molecular flexibility index (Phi) is 5.37. The first kappa shape index (κ1) is 16.0. The number of carboxylic acid groups (broad SMARTS) is 1. The second-order valence-electron chi connectivity index (χ2n) is 6.20. The van der Waals surface area contributed by atoms with Gasteiger partial charge in [0.05, 0.1) is 12.7 Å². The molecule has 0 spiro atoms. The number of rotatable bonds is 6. The molecule has 0 saturated heterocycles. The van der Waals surface area contributed by atoms with Crippen LogP contribution in [0.15, 0.2) is 30.3 Å². The number of hydrogen-bond acceptors (Lipinski definition) is 3. The van der Waals surface area contributed by atoms with E-state index in [9.17, 15) is 15.0 Å². The summed E-state index contributed by atoms with van der Waals surface area (Å²) in [6.45, 7) is 2.02. The molecule has 4 nitrogen and oxygen atoms in total. The first-order valence-corrected chi connectivity index (χ1v) is 7.59. The van der Waals surface area contributed by atoms with E-state index in [1.807, 2.05) is 30.3 Å². The fourth-order valence-electron chi connectivity index (χ4n) is 2.89. The zero-order valence-corrected chi connectivity index (χ0v) is 12.5. The summed E-state index contributed by atoms with van der Waals surface area (Å²) >= 11 is 0. The lowest BCUT2D eigenvalue weighted by atomic mass is 9.87. The summed E-state index contributed by atoms with van der Waals surface area (Å²) in [6.07, 6.45) is 3.61. The summed E-state index contributed by atoms with van der Waals surface area (Å²) in [5, 5.41) is 19.2. The van der Waals surface area contributed by atoms with Crippen molar-refractivity contribution in [2.45, 2.75) is 50.7 Å². The van der Waals surface area contributed by atoms with Crippen LogP contribution in [0.1, 0.15) is 38.2 Å². The van der Waals surface area contributed by atoms with Crippen LogP contribution in [0.2, 0.25) is 0 Å². The highest BCUT2D eigenvalue weighted by Gasteiger charge is 2.35. The minimum absolute atomic E-state index is 0.253. The van der Waals surface area contributed by atoms with Crippen molar-refractivity contribution in [1.29, 1.82) is 0 Å². The maximum Gasteiger partial charge on any atom is 0.336 e. The van der Waals surface area contributed by atoms with Gasteiger partial charge in [0, 0.05) is 6.42 Å². The standard InChI is InChI=1S/C17H24O4/c1-17(16(19)20,11-13-6-3-2-4-7-13)21-12-14-8-5-9-15(18)10-14/h2-4,6-7,14-15,18H,5,8-12H2,1H3,(H,19,20)/t14-,15+,17?/m1/s1. The Hall–Kier alpha value is -1.39. The minimum atomic E-state index is -1.22. The molecule has 0 aromatic heterocycles. The molecular weight excluding hydrogens is 268 g/mol. The molecule has 0 aliphatic heterocycles. The zero-order valence-electron chi connectivity index (χ0n) is 12.5. The molecular formula is C17H24O4. The predicted molar refractivity (Wildman–Crippen MR) is 80.1 cm³/mol. The van der Waals surface area contributed by atoms with Crippen LogP contribution in [0, 0.1) is 5.92 Å². The van der Waals surface area contributed by atoms with Crippen molar-refractivity contribution in [1.82, 2.24) is 0 Å². The van der Waals surface area contributed by atoms with Gasteiger partial charge in [-0.2, -0.15) is 0 Å². The molecule has 1 saturated carbocycles. The number of aliphatic hydroxyl groups excluding tert-OH is 1. The third-order valence-corrected chi connectivity index (χ3v) is 4.23. The van der Waals surface area contributed by atoms with Crippen molar-refractivity contribution in [3.05, 3.63) is 35.9 Å². The van der Waals surface area contributed by atoms with Gasteiger partial charge in [0.2, 0.25) is 0 Å². The maximum atomic E-state index is 11.6. The highest BCUT2D eigenvalue weighted by molar-refractivity contribution is 5.77. The number of carbonyl (C=O) groups is 1. The van der Waals surface area contributed by atoms with E-state index in [1.54, 1.807) is 6.92 Å². The number of carboxylic acids is 1. The molecule has 3 atom stereocenters. The lowest BCUT2D eigenvalue weighted by Crippen LogP contribution is -2.42. The maximum absolute atomic E-state index is 11.6. The van der Waals surface area contributed by atoms with Crippen molar-refractivity contribution in [3.63, 3.8) is 0 Å². The average Bonchev–Trinajstić information content (AvgIpc) is 2.46. The molecule has 1 aliphatic rings. The molecule has 2 N–H and O–H groups in total. The summed E-state index contributed by atoms with van der Waals surface area (Å²) in [6, 6.07) is 9.53. The van der Waals surface area contributed by atoms with E-state index in [4.69, 9.17) is 4.74 Å². The third-order valence-electron chi connectivity index (χ3n) is 4.23. The van der Waals surface area contributed by atoms with Gasteiger partial charge in [-0.05, 0) is 37.7 Å². The largest absolute Gasteiger partial charge is 0.479 e. The van der Waals surface area contributed by atoms with Crippen LogP contribution < -0.4 is 0 Å². The number of benzene rings is 1.